The van der Waals surface area contributed by atoms with Gasteiger partial charge in [0, 0.05) is 36.7 Å². The molecular weight excluding hydrogens is 310 g/mol. The number of pyridine rings is 1. The first kappa shape index (κ1) is 13.9. The molecule has 124 valence electrons. The van der Waals surface area contributed by atoms with E-state index in [1.165, 1.54) is 0 Å². The van der Waals surface area contributed by atoms with Crippen molar-refractivity contribution in [2.75, 3.05) is 19.9 Å². The van der Waals surface area contributed by atoms with Crippen molar-refractivity contribution in [3.8, 4) is 11.5 Å². The van der Waals surface area contributed by atoms with Gasteiger partial charge in [0.15, 0.2) is 17.1 Å². The van der Waals surface area contributed by atoms with Crippen molar-refractivity contribution in [3.63, 3.8) is 0 Å². The minimum Gasteiger partial charge on any atom is -0.454 e. The third-order valence-corrected chi connectivity index (χ3v) is 4.55. The van der Waals surface area contributed by atoms with Crippen LogP contribution >= 0.6 is 0 Å². The number of hydrogen-bond donors (Lipinski definition) is 1. The summed E-state index contributed by atoms with van der Waals surface area (Å²) in [5.74, 6) is 1.48. The molecule has 0 saturated carbocycles. The van der Waals surface area contributed by atoms with E-state index in [0.29, 0.717) is 12.6 Å². The lowest BCUT2D eigenvalue weighted by Gasteiger charge is -2.12. The third-order valence-electron chi connectivity index (χ3n) is 4.55. The van der Waals surface area contributed by atoms with Crippen LogP contribution in [-0.2, 0) is 11.3 Å². The fourth-order valence-electron chi connectivity index (χ4n) is 3.35. The van der Waals surface area contributed by atoms with E-state index in [-0.39, 0.29) is 6.79 Å². The van der Waals surface area contributed by atoms with Gasteiger partial charge in [0.25, 0.3) is 0 Å². The average Bonchev–Trinajstić information content (AvgIpc) is 3.33. The molecule has 0 amide bonds. The van der Waals surface area contributed by atoms with E-state index in [0.717, 1.165) is 59.6 Å². The van der Waals surface area contributed by atoms with Crippen LogP contribution in [0.15, 0.2) is 18.2 Å². The van der Waals surface area contributed by atoms with Crippen molar-refractivity contribution in [2.45, 2.75) is 25.5 Å². The summed E-state index contributed by atoms with van der Waals surface area (Å²) in [6.07, 6.45) is 2.58. The first-order valence-corrected chi connectivity index (χ1v) is 8.14. The van der Waals surface area contributed by atoms with Gasteiger partial charge < -0.3 is 19.5 Å². The fourth-order valence-corrected chi connectivity index (χ4v) is 3.35. The van der Waals surface area contributed by atoms with Crippen LogP contribution in [0.2, 0.25) is 0 Å². The maximum absolute atomic E-state index is 5.65. The van der Waals surface area contributed by atoms with Crippen molar-refractivity contribution in [3.05, 3.63) is 23.8 Å². The summed E-state index contributed by atoms with van der Waals surface area (Å²) in [6.45, 7) is 2.65. The summed E-state index contributed by atoms with van der Waals surface area (Å²) in [5, 5.41) is 16.6. The molecule has 1 saturated heterocycles. The lowest BCUT2D eigenvalue weighted by molar-refractivity contribution is 0.110. The lowest BCUT2D eigenvalue weighted by atomic mass is 10.1. The Bertz CT molecular complexity index is 903. The Kier molecular flexibility index (Phi) is 3.24. The number of nitrogens with one attached hydrogen (secondary N) is 1. The van der Waals surface area contributed by atoms with Crippen LogP contribution in [0.3, 0.4) is 0 Å². The normalized spacial score (nSPS) is 19.6. The van der Waals surface area contributed by atoms with Crippen molar-refractivity contribution in [2.24, 2.45) is 0 Å². The standard InChI is InChI=1S/C16H17N5O3/c1-2-12(22-3-1)8-17-7-11-4-10-5-14-15(24-9-23-14)6-13(10)21-16(11)18-19-20-21/h4-6,12,17H,1-3,7-9H2/t12-/m0/s1. The minimum atomic E-state index is 0.250. The quantitative estimate of drug-likeness (QED) is 0.773. The Hall–Kier alpha value is -2.45. The Morgan fingerprint density at radius 3 is 3.00 bits per heavy atom. The molecular formula is C16H17N5O3. The van der Waals surface area contributed by atoms with Gasteiger partial charge in [0.1, 0.15) is 0 Å². The highest BCUT2D eigenvalue weighted by molar-refractivity contribution is 5.86. The van der Waals surface area contributed by atoms with Gasteiger partial charge in [-0.25, -0.2) is 0 Å². The van der Waals surface area contributed by atoms with Crippen LogP contribution in [-0.4, -0.2) is 46.1 Å². The molecule has 2 aliphatic rings. The third kappa shape index (κ3) is 2.26. The highest BCUT2D eigenvalue weighted by atomic mass is 16.7. The lowest BCUT2D eigenvalue weighted by Crippen LogP contribution is -2.26. The minimum absolute atomic E-state index is 0.250. The van der Waals surface area contributed by atoms with E-state index in [1.807, 2.05) is 12.1 Å². The van der Waals surface area contributed by atoms with E-state index in [4.69, 9.17) is 14.2 Å². The number of fused-ring (bicyclic) bond motifs is 4. The maximum Gasteiger partial charge on any atom is 0.231 e. The number of ether oxygens (including phenoxy) is 3. The van der Waals surface area contributed by atoms with Gasteiger partial charge in [-0.3, -0.25) is 0 Å². The summed E-state index contributed by atoms with van der Waals surface area (Å²) < 4.78 is 18.3. The second-order valence-corrected chi connectivity index (χ2v) is 6.11. The van der Waals surface area contributed by atoms with E-state index >= 15 is 0 Å². The van der Waals surface area contributed by atoms with Crippen molar-refractivity contribution in [1.29, 1.82) is 0 Å². The van der Waals surface area contributed by atoms with Gasteiger partial charge in [-0.1, -0.05) is 0 Å². The average molecular weight is 327 g/mol. The number of aromatic nitrogens is 4. The largest absolute Gasteiger partial charge is 0.454 e. The molecule has 1 N–H and O–H groups in total. The second kappa shape index (κ2) is 5.57. The summed E-state index contributed by atoms with van der Waals surface area (Å²) in [7, 11) is 0. The van der Waals surface area contributed by atoms with Gasteiger partial charge in [0.05, 0.1) is 11.6 Å². The number of tetrazole rings is 1. The Balaban J connectivity index is 1.50. The highest BCUT2D eigenvalue weighted by Gasteiger charge is 2.19. The van der Waals surface area contributed by atoms with Gasteiger partial charge in [-0.2, -0.15) is 4.52 Å². The first-order valence-electron chi connectivity index (χ1n) is 8.14. The van der Waals surface area contributed by atoms with Crippen LogP contribution < -0.4 is 14.8 Å². The van der Waals surface area contributed by atoms with Crippen molar-refractivity contribution in [1.82, 2.24) is 25.4 Å². The molecule has 4 heterocycles. The molecule has 3 aromatic rings. The predicted molar refractivity (Wildman–Crippen MR) is 85.1 cm³/mol. The van der Waals surface area contributed by atoms with E-state index in [2.05, 4.69) is 26.9 Å². The van der Waals surface area contributed by atoms with E-state index in [1.54, 1.807) is 4.52 Å². The monoisotopic (exact) mass is 327 g/mol. The smallest absolute Gasteiger partial charge is 0.231 e. The SMILES string of the molecule is c1c2c(cc3c1cc(CNC[C@@H]1CCCO1)c1nnnn13)OCO2. The van der Waals surface area contributed by atoms with E-state index in [9.17, 15) is 0 Å². The summed E-state index contributed by atoms with van der Waals surface area (Å²) >= 11 is 0. The van der Waals surface area contributed by atoms with Gasteiger partial charge in [0.2, 0.25) is 6.79 Å². The zero-order valence-corrected chi connectivity index (χ0v) is 13.1. The molecule has 0 unspecified atom stereocenters. The topological polar surface area (TPSA) is 82.8 Å². The number of benzene rings is 1. The van der Waals surface area contributed by atoms with Gasteiger partial charge in [-0.05, 0) is 35.4 Å². The van der Waals surface area contributed by atoms with Gasteiger partial charge in [-0.15, -0.1) is 5.10 Å². The van der Waals surface area contributed by atoms with Crippen LogP contribution in [0.5, 0.6) is 11.5 Å². The summed E-state index contributed by atoms with van der Waals surface area (Å²) in [4.78, 5) is 0. The molecule has 1 aromatic carbocycles. The molecule has 2 aromatic heterocycles. The predicted octanol–water partition coefficient (Wildman–Crippen LogP) is 1.27. The molecule has 24 heavy (non-hydrogen) atoms. The van der Waals surface area contributed by atoms with Crippen LogP contribution in [0.1, 0.15) is 18.4 Å². The molecule has 5 rings (SSSR count). The molecule has 1 atom stereocenters. The fraction of sp³-hybridized carbons (Fsp3) is 0.438. The first-order chi connectivity index (χ1) is 11.9. The summed E-state index contributed by atoms with van der Waals surface area (Å²) in [6, 6.07) is 6.00. The number of rotatable bonds is 4. The zero-order chi connectivity index (χ0) is 15.9. The number of nitrogens with zero attached hydrogens (tertiary/aromatic N) is 4. The highest BCUT2D eigenvalue weighted by Crippen LogP contribution is 2.36. The second-order valence-electron chi connectivity index (χ2n) is 6.11. The number of hydrogen-bond acceptors (Lipinski definition) is 7. The Labute approximate surface area is 137 Å². The molecule has 8 nitrogen and oxygen atoms in total. The molecule has 2 aliphatic heterocycles. The summed E-state index contributed by atoms with van der Waals surface area (Å²) in [5.41, 5.74) is 2.70. The molecule has 8 heteroatoms. The molecule has 0 bridgehead atoms. The molecule has 0 aliphatic carbocycles. The van der Waals surface area contributed by atoms with E-state index < -0.39 is 0 Å². The Morgan fingerprint density at radius 2 is 2.12 bits per heavy atom. The van der Waals surface area contributed by atoms with Crippen LogP contribution in [0.4, 0.5) is 0 Å². The zero-order valence-electron chi connectivity index (χ0n) is 13.1. The molecule has 0 spiro atoms. The Morgan fingerprint density at radius 1 is 1.21 bits per heavy atom. The van der Waals surface area contributed by atoms with Crippen molar-refractivity contribution < 1.29 is 14.2 Å². The van der Waals surface area contributed by atoms with Crippen LogP contribution in [0, 0.1) is 0 Å². The molecule has 0 radical (unpaired) electrons. The maximum atomic E-state index is 5.65. The van der Waals surface area contributed by atoms with Crippen molar-refractivity contribution >= 4 is 16.6 Å². The van der Waals surface area contributed by atoms with Crippen LogP contribution in [0.25, 0.3) is 16.6 Å². The molecule has 1 fully saturated rings. The van der Waals surface area contributed by atoms with Gasteiger partial charge >= 0.3 is 0 Å².